The van der Waals surface area contributed by atoms with E-state index >= 15 is 0 Å². The van der Waals surface area contributed by atoms with Crippen molar-refractivity contribution < 1.29 is 19.4 Å². The highest BCUT2D eigenvalue weighted by molar-refractivity contribution is 6.17. The number of carbonyl (C=O) groups excluding carboxylic acids is 1. The molecule has 0 heterocycles. The molecule has 0 aliphatic rings. The number of carbonyl (C=O) groups is 2. The molecule has 0 saturated carbocycles. The molecule has 1 rings (SSSR count). The number of aliphatic carboxylic acids is 1. The van der Waals surface area contributed by atoms with Crippen LogP contribution in [0.3, 0.4) is 0 Å². The van der Waals surface area contributed by atoms with Gasteiger partial charge >= 0.3 is 11.9 Å². The Morgan fingerprint density at radius 1 is 1.41 bits per heavy atom. The normalized spacial score (nSPS) is 10.0. The molecule has 5 heteroatoms. The van der Waals surface area contributed by atoms with Gasteiger partial charge in [0.15, 0.2) is 0 Å². The van der Waals surface area contributed by atoms with E-state index < -0.39 is 11.9 Å². The smallest absolute Gasteiger partial charge is 0.338 e. The predicted molar refractivity (Wildman–Crippen MR) is 63.3 cm³/mol. The summed E-state index contributed by atoms with van der Waals surface area (Å²) in [7, 11) is 1.29. The fraction of sp³-hybridized carbons (Fsp3) is 0.333. The number of rotatable bonds is 5. The summed E-state index contributed by atoms with van der Waals surface area (Å²) in [4.78, 5) is 22.1. The summed E-state index contributed by atoms with van der Waals surface area (Å²) in [5.41, 5.74) is 1.79. The molecule has 0 spiro atoms. The maximum Gasteiger partial charge on any atom is 0.338 e. The number of esters is 1. The van der Waals surface area contributed by atoms with Crippen molar-refractivity contribution in [3.63, 3.8) is 0 Å². The maximum atomic E-state index is 11.5. The van der Waals surface area contributed by atoms with E-state index in [1.807, 2.05) is 0 Å². The minimum absolute atomic E-state index is 0.0438. The molecule has 1 N–H and O–H groups in total. The van der Waals surface area contributed by atoms with Crippen molar-refractivity contribution in [3.05, 3.63) is 34.9 Å². The van der Waals surface area contributed by atoms with Gasteiger partial charge in [0, 0.05) is 12.3 Å². The van der Waals surface area contributed by atoms with Gasteiger partial charge in [-0.25, -0.2) is 4.79 Å². The van der Waals surface area contributed by atoms with Gasteiger partial charge in [-0.05, 0) is 23.6 Å². The van der Waals surface area contributed by atoms with E-state index in [2.05, 4.69) is 4.74 Å². The quantitative estimate of drug-likeness (QED) is 0.648. The van der Waals surface area contributed by atoms with Crippen molar-refractivity contribution in [2.75, 3.05) is 7.11 Å². The van der Waals surface area contributed by atoms with Crippen LogP contribution in [-0.4, -0.2) is 24.2 Å². The summed E-state index contributed by atoms with van der Waals surface area (Å²) in [6.45, 7) is 0. The first kappa shape index (κ1) is 13.5. The Balaban J connectivity index is 3.11. The van der Waals surface area contributed by atoms with Gasteiger partial charge < -0.3 is 9.84 Å². The number of carboxylic acid groups (broad SMARTS) is 1. The summed E-state index contributed by atoms with van der Waals surface area (Å²) in [6.07, 6.45) is 0.223. The van der Waals surface area contributed by atoms with Crippen LogP contribution in [0, 0.1) is 0 Å². The Morgan fingerprint density at radius 2 is 2.12 bits per heavy atom. The molecule has 0 radical (unpaired) electrons. The number of carboxylic acids is 1. The fourth-order valence-corrected chi connectivity index (χ4v) is 1.84. The molecule has 0 atom stereocenters. The van der Waals surface area contributed by atoms with Gasteiger partial charge in [-0.15, -0.1) is 11.6 Å². The first-order chi connectivity index (χ1) is 8.10. The lowest BCUT2D eigenvalue weighted by atomic mass is 9.97. The summed E-state index contributed by atoms with van der Waals surface area (Å²) in [5.74, 6) is -1.15. The Morgan fingerprint density at radius 3 is 2.65 bits per heavy atom. The standard InChI is InChI=1S/C12H13ClO4/c1-17-12(16)10-4-2-3-8(7-13)9(10)5-6-11(14)15/h2-4H,5-7H2,1H3,(H,14,15). The summed E-state index contributed by atoms with van der Waals surface area (Å²) >= 11 is 5.77. The number of methoxy groups -OCH3 is 1. The molecule has 0 fully saturated rings. The molecule has 4 nitrogen and oxygen atoms in total. The zero-order valence-corrected chi connectivity index (χ0v) is 10.2. The molecule has 1 aromatic rings. The number of hydrogen-bond acceptors (Lipinski definition) is 3. The molecule has 0 amide bonds. The lowest BCUT2D eigenvalue weighted by Gasteiger charge is -2.11. The molecule has 0 saturated heterocycles. The largest absolute Gasteiger partial charge is 0.481 e. The molecular weight excluding hydrogens is 244 g/mol. The van der Waals surface area contributed by atoms with Crippen molar-refractivity contribution in [1.82, 2.24) is 0 Å². The predicted octanol–water partition coefficient (Wildman–Crippen LogP) is 2.23. The summed E-state index contributed by atoms with van der Waals surface area (Å²) < 4.78 is 4.65. The van der Waals surface area contributed by atoms with Gasteiger partial charge in [0.05, 0.1) is 12.7 Å². The van der Waals surface area contributed by atoms with Crippen LogP contribution in [0.5, 0.6) is 0 Å². The van der Waals surface area contributed by atoms with Gasteiger partial charge in [0.2, 0.25) is 0 Å². The highest BCUT2D eigenvalue weighted by Gasteiger charge is 2.15. The molecule has 0 unspecified atom stereocenters. The average molecular weight is 257 g/mol. The number of ether oxygens (including phenoxy) is 1. The SMILES string of the molecule is COC(=O)c1cccc(CCl)c1CCC(=O)O. The van der Waals surface area contributed by atoms with Crippen LogP contribution < -0.4 is 0 Å². The zero-order valence-electron chi connectivity index (χ0n) is 9.40. The van der Waals surface area contributed by atoms with Gasteiger partial charge in [0.1, 0.15) is 0 Å². The third-order valence-corrected chi connectivity index (χ3v) is 2.70. The molecule has 0 aliphatic heterocycles. The molecule has 92 valence electrons. The number of alkyl halides is 1. The van der Waals surface area contributed by atoms with Crippen LogP contribution in [0.1, 0.15) is 27.9 Å². The third-order valence-electron chi connectivity index (χ3n) is 2.41. The lowest BCUT2D eigenvalue weighted by Crippen LogP contribution is -2.09. The van der Waals surface area contributed by atoms with E-state index in [0.29, 0.717) is 11.1 Å². The highest BCUT2D eigenvalue weighted by Crippen LogP contribution is 2.19. The Kier molecular flexibility index (Phi) is 4.97. The van der Waals surface area contributed by atoms with Gasteiger partial charge in [-0.2, -0.15) is 0 Å². The zero-order chi connectivity index (χ0) is 12.8. The fourth-order valence-electron chi connectivity index (χ4n) is 1.59. The van der Waals surface area contributed by atoms with Crippen LogP contribution >= 0.6 is 11.6 Å². The van der Waals surface area contributed by atoms with Crippen molar-refractivity contribution >= 4 is 23.5 Å². The Bertz CT molecular complexity index is 429. The first-order valence-corrected chi connectivity index (χ1v) is 5.60. The van der Waals surface area contributed by atoms with E-state index in [-0.39, 0.29) is 18.7 Å². The average Bonchev–Trinajstić information content (AvgIpc) is 2.34. The number of halogens is 1. The Hall–Kier alpha value is -1.55. The second-order valence-corrected chi connectivity index (χ2v) is 3.73. The second kappa shape index (κ2) is 6.25. The van der Waals surface area contributed by atoms with E-state index in [0.717, 1.165) is 5.56 Å². The molecule has 0 aromatic heterocycles. The van der Waals surface area contributed by atoms with Crippen LogP contribution in [0.2, 0.25) is 0 Å². The molecule has 0 bridgehead atoms. The van der Waals surface area contributed by atoms with E-state index in [4.69, 9.17) is 16.7 Å². The number of benzene rings is 1. The van der Waals surface area contributed by atoms with Crippen LogP contribution in [0.15, 0.2) is 18.2 Å². The Labute approximate surface area is 104 Å². The van der Waals surface area contributed by atoms with Gasteiger partial charge in [0.25, 0.3) is 0 Å². The summed E-state index contributed by atoms with van der Waals surface area (Å²) in [5, 5.41) is 8.68. The van der Waals surface area contributed by atoms with Crippen molar-refractivity contribution in [3.8, 4) is 0 Å². The van der Waals surface area contributed by atoms with E-state index in [1.165, 1.54) is 7.11 Å². The maximum absolute atomic E-state index is 11.5. The van der Waals surface area contributed by atoms with Crippen LogP contribution in [0.25, 0.3) is 0 Å². The van der Waals surface area contributed by atoms with Crippen LogP contribution in [-0.2, 0) is 21.8 Å². The topological polar surface area (TPSA) is 63.6 Å². The van der Waals surface area contributed by atoms with E-state index in [9.17, 15) is 9.59 Å². The van der Waals surface area contributed by atoms with Crippen LogP contribution in [0.4, 0.5) is 0 Å². The van der Waals surface area contributed by atoms with Crippen molar-refractivity contribution in [2.45, 2.75) is 18.7 Å². The molecule has 17 heavy (non-hydrogen) atoms. The van der Waals surface area contributed by atoms with E-state index in [1.54, 1.807) is 18.2 Å². The second-order valence-electron chi connectivity index (χ2n) is 3.46. The van der Waals surface area contributed by atoms with Gasteiger partial charge in [-0.3, -0.25) is 4.79 Å². The molecule has 0 aliphatic carbocycles. The van der Waals surface area contributed by atoms with Crippen molar-refractivity contribution in [2.24, 2.45) is 0 Å². The monoisotopic (exact) mass is 256 g/mol. The van der Waals surface area contributed by atoms with Gasteiger partial charge in [-0.1, -0.05) is 12.1 Å². The van der Waals surface area contributed by atoms with Crippen molar-refractivity contribution in [1.29, 1.82) is 0 Å². The highest BCUT2D eigenvalue weighted by atomic mass is 35.5. The molecular formula is C12H13ClO4. The summed E-state index contributed by atoms with van der Waals surface area (Å²) in [6, 6.07) is 5.09. The minimum atomic E-state index is -0.912. The first-order valence-electron chi connectivity index (χ1n) is 5.07. The number of hydrogen-bond donors (Lipinski definition) is 1. The lowest BCUT2D eigenvalue weighted by molar-refractivity contribution is -0.136. The molecule has 1 aromatic carbocycles. The minimum Gasteiger partial charge on any atom is -0.481 e. The third kappa shape index (κ3) is 3.46.